The Hall–Kier alpha value is -1.55. The predicted octanol–water partition coefficient (Wildman–Crippen LogP) is 3.08. The molecule has 5 heteroatoms. The van der Waals surface area contributed by atoms with Crippen molar-refractivity contribution in [1.82, 2.24) is 9.78 Å². The summed E-state index contributed by atoms with van der Waals surface area (Å²) in [6.07, 6.45) is 0. The van der Waals surface area contributed by atoms with Crippen molar-refractivity contribution >= 4 is 17.3 Å². The quantitative estimate of drug-likeness (QED) is 0.794. The maximum Gasteiger partial charge on any atom is 0.125 e. The first-order valence-electron chi connectivity index (χ1n) is 5.17. The van der Waals surface area contributed by atoms with Crippen LogP contribution in [0.15, 0.2) is 12.1 Å². The van der Waals surface area contributed by atoms with Crippen molar-refractivity contribution < 1.29 is 4.39 Å². The van der Waals surface area contributed by atoms with Crippen LogP contribution >= 0.6 is 11.6 Å². The van der Waals surface area contributed by atoms with E-state index >= 15 is 0 Å². The Bertz CT molecular complexity index is 590. The summed E-state index contributed by atoms with van der Waals surface area (Å²) in [5.74, 6) is -0.401. The van der Waals surface area contributed by atoms with Gasteiger partial charge in [0, 0.05) is 23.9 Å². The number of halogens is 2. The molecule has 0 radical (unpaired) electrons. The Morgan fingerprint density at radius 2 is 2.00 bits per heavy atom. The molecule has 1 aromatic heterocycles. The summed E-state index contributed by atoms with van der Waals surface area (Å²) in [7, 11) is 1.84. The second-order valence-corrected chi connectivity index (χ2v) is 4.43. The normalized spacial score (nSPS) is 10.9. The average Bonchev–Trinajstić information content (AvgIpc) is 2.48. The highest BCUT2D eigenvalue weighted by molar-refractivity contribution is 6.33. The summed E-state index contributed by atoms with van der Waals surface area (Å²) in [6.45, 7) is 3.77. The lowest BCUT2D eigenvalue weighted by Crippen LogP contribution is -1.96. The van der Waals surface area contributed by atoms with Gasteiger partial charge in [-0.3, -0.25) is 4.68 Å². The number of benzene rings is 1. The molecule has 90 valence electrons. The third-order valence-electron chi connectivity index (χ3n) is 2.87. The van der Waals surface area contributed by atoms with Crippen LogP contribution in [0.3, 0.4) is 0 Å². The lowest BCUT2D eigenvalue weighted by molar-refractivity contribution is 0.628. The number of nitrogens with two attached hydrogens (primary N) is 1. The Morgan fingerprint density at radius 1 is 1.35 bits per heavy atom. The number of nitrogen functional groups attached to an aromatic ring is 1. The molecule has 2 rings (SSSR count). The summed E-state index contributed by atoms with van der Waals surface area (Å²) in [6, 6.07) is 2.60. The SMILES string of the molecule is Cc1nn(C)c(C)c1-c1cc(F)cc(Cl)c1N. The predicted molar refractivity (Wildman–Crippen MR) is 67.5 cm³/mol. The van der Waals surface area contributed by atoms with Gasteiger partial charge in [0.05, 0.1) is 16.4 Å². The molecule has 0 saturated heterocycles. The standard InChI is InChI=1S/C12H13ClFN3/c1-6-11(7(2)17(3)16-6)9-4-8(14)5-10(13)12(9)15/h4-5H,15H2,1-3H3. The minimum atomic E-state index is -0.401. The number of aryl methyl sites for hydroxylation is 2. The largest absolute Gasteiger partial charge is 0.397 e. The first-order chi connectivity index (χ1) is 7.91. The molecule has 0 aliphatic carbocycles. The zero-order valence-corrected chi connectivity index (χ0v) is 10.6. The highest BCUT2D eigenvalue weighted by Crippen LogP contribution is 2.35. The van der Waals surface area contributed by atoms with Crippen LogP contribution in [0.4, 0.5) is 10.1 Å². The zero-order chi connectivity index (χ0) is 12.7. The van der Waals surface area contributed by atoms with Crippen molar-refractivity contribution in [2.24, 2.45) is 7.05 Å². The van der Waals surface area contributed by atoms with E-state index in [2.05, 4.69) is 5.10 Å². The lowest BCUT2D eigenvalue weighted by Gasteiger charge is -2.08. The van der Waals surface area contributed by atoms with Gasteiger partial charge >= 0.3 is 0 Å². The van der Waals surface area contributed by atoms with Crippen molar-refractivity contribution in [3.05, 3.63) is 34.4 Å². The minimum Gasteiger partial charge on any atom is -0.397 e. The van der Waals surface area contributed by atoms with Crippen LogP contribution in [0.25, 0.3) is 11.1 Å². The van der Waals surface area contributed by atoms with E-state index in [1.54, 1.807) is 4.68 Å². The fourth-order valence-electron chi connectivity index (χ4n) is 1.96. The molecule has 0 unspecified atom stereocenters. The third kappa shape index (κ3) is 1.89. The molecule has 0 fully saturated rings. The number of hydrogen-bond donors (Lipinski definition) is 1. The van der Waals surface area contributed by atoms with Gasteiger partial charge in [0.2, 0.25) is 0 Å². The first kappa shape index (κ1) is 11.9. The van der Waals surface area contributed by atoms with Gasteiger partial charge in [-0.15, -0.1) is 0 Å². The second-order valence-electron chi connectivity index (χ2n) is 4.02. The summed E-state index contributed by atoms with van der Waals surface area (Å²) < 4.78 is 15.1. The van der Waals surface area contributed by atoms with Crippen molar-refractivity contribution in [2.45, 2.75) is 13.8 Å². The highest BCUT2D eigenvalue weighted by atomic mass is 35.5. The number of nitrogens with zero attached hydrogens (tertiary/aromatic N) is 2. The van der Waals surface area contributed by atoms with Crippen LogP contribution in [-0.4, -0.2) is 9.78 Å². The molecule has 0 bridgehead atoms. The Kier molecular flexibility index (Phi) is 2.83. The van der Waals surface area contributed by atoms with Crippen molar-refractivity contribution in [3.63, 3.8) is 0 Å². The van der Waals surface area contributed by atoms with E-state index in [1.165, 1.54) is 12.1 Å². The lowest BCUT2D eigenvalue weighted by atomic mass is 10.0. The van der Waals surface area contributed by atoms with Crippen LogP contribution in [-0.2, 0) is 7.05 Å². The third-order valence-corrected chi connectivity index (χ3v) is 3.19. The summed E-state index contributed by atoms with van der Waals surface area (Å²) in [5.41, 5.74) is 9.44. The summed E-state index contributed by atoms with van der Waals surface area (Å²) in [4.78, 5) is 0. The van der Waals surface area contributed by atoms with Gasteiger partial charge in [0.1, 0.15) is 5.82 Å². The average molecular weight is 254 g/mol. The fraction of sp³-hybridized carbons (Fsp3) is 0.250. The van der Waals surface area contributed by atoms with Crippen LogP contribution < -0.4 is 5.73 Å². The molecule has 3 nitrogen and oxygen atoms in total. The molecule has 0 amide bonds. The van der Waals surface area contributed by atoms with Gasteiger partial charge in [-0.05, 0) is 26.0 Å². The first-order valence-corrected chi connectivity index (χ1v) is 5.54. The van der Waals surface area contributed by atoms with Gasteiger partial charge in [-0.2, -0.15) is 5.10 Å². The van der Waals surface area contributed by atoms with Gasteiger partial charge in [-0.1, -0.05) is 11.6 Å². The maximum absolute atomic E-state index is 13.4. The zero-order valence-electron chi connectivity index (χ0n) is 9.88. The van der Waals surface area contributed by atoms with Crippen LogP contribution in [0.2, 0.25) is 5.02 Å². The molecular formula is C12H13ClFN3. The van der Waals surface area contributed by atoms with E-state index in [-0.39, 0.29) is 5.02 Å². The van der Waals surface area contributed by atoms with Crippen molar-refractivity contribution in [3.8, 4) is 11.1 Å². The molecule has 1 heterocycles. The van der Waals surface area contributed by atoms with E-state index in [0.29, 0.717) is 11.3 Å². The number of anilines is 1. The van der Waals surface area contributed by atoms with E-state index in [0.717, 1.165) is 17.0 Å². The topological polar surface area (TPSA) is 43.8 Å². The molecule has 2 aromatic rings. The highest BCUT2D eigenvalue weighted by Gasteiger charge is 2.16. The number of hydrogen-bond acceptors (Lipinski definition) is 2. The van der Waals surface area contributed by atoms with Crippen LogP contribution in [0, 0.1) is 19.7 Å². The molecule has 0 spiro atoms. The maximum atomic E-state index is 13.4. The fourth-order valence-corrected chi connectivity index (χ4v) is 2.16. The summed E-state index contributed by atoms with van der Waals surface area (Å²) >= 11 is 5.89. The van der Waals surface area contributed by atoms with Crippen LogP contribution in [0.1, 0.15) is 11.4 Å². The van der Waals surface area contributed by atoms with E-state index in [9.17, 15) is 4.39 Å². The molecule has 0 atom stereocenters. The minimum absolute atomic E-state index is 0.225. The molecule has 0 saturated carbocycles. The molecule has 2 N–H and O–H groups in total. The van der Waals surface area contributed by atoms with Gasteiger partial charge < -0.3 is 5.73 Å². The monoisotopic (exact) mass is 253 g/mol. The Morgan fingerprint density at radius 3 is 2.53 bits per heavy atom. The number of aromatic nitrogens is 2. The second kappa shape index (κ2) is 4.04. The smallest absolute Gasteiger partial charge is 0.125 e. The van der Waals surface area contributed by atoms with Crippen LogP contribution in [0.5, 0.6) is 0 Å². The Balaban J connectivity index is 2.76. The molecule has 1 aromatic carbocycles. The molecule has 17 heavy (non-hydrogen) atoms. The van der Waals surface area contributed by atoms with Crippen molar-refractivity contribution in [1.29, 1.82) is 0 Å². The number of rotatable bonds is 1. The Labute approximate surface area is 104 Å². The summed E-state index contributed by atoms with van der Waals surface area (Å²) in [5, 5.41) is 4.51. The van der Waals surface area contributed by atoms with E-state index in [4.69, 9.17) is 17.3 Å². The van der Waals surface area contributed by atoms with E-state index < -0.39 is 5.82 Å². The van der Waals surface area contributed by atoms with Gasteiger partial charge in [-0.25, -0.2) is 4.39 Å². The molecule has 0 aliphatic rings. The van der Waals surface area contributed by atoms with Crippen molar-refractivity contribution in [2.75, 3.05) is 5.73 Å². The molecule has 0 aliphatic heterocycles. The van der Waals surface area contributed by atoms with Gasteiger partial charge in [0.25, 0.3) is 0 Å². The molecular weight excluding hydrogens is 241 g/mol. The van der Waals surface area contributed by atoms with E-state index in [1.807, 2.05) is 20.9 Å². The van der Waals surface area contributed by atoms with Gasteiger partial charge in [0.15, 0.2) is 0 Å².